The fourth-order valence-corrected chi connectivity index (χ4v) is 1.34. The Morgan fingerprint density at radius 1 is 1.62 bits per heavy atom. The second-order valence-corrected chi connectivity index (χ2v) is 3.63. The van der Waals surface area contributed by atoms with Gasteiger partial charge >= 0.3 is 0 Å². The molecule has 1 N–H and O–H groups in total. The number of aliphatic hydroxyl groups excluding tert-OH is 1. The quantitative estimate of drug-likeness (QED) is 0.760. The Morgan fingerprint density at radius 3 is 2.85 bits per heavy atom. The number of aliphatic hydroxyl groups is 1. The summed E-state index contributed by atoms with van der Waals surface area (Å²) in [5.74, 6) is 0.249. The van der Waals surface area contributed by atoms with E-state index in [2.05, 4.69) is 11.9 Å². The van der Waals surface area contributed by atoms with Crippen LogP contribution in [-0.2, 0) is 0 Å². The first-order chi connectivity index (χ1) is 6.15. The van der Waals surface area contributed by atoms with E-state index in [1.54, 1.807) is 18.3 Å². The lowest BCUT2D eigenvalue weighted by Gasteiger charge is -2.17. The van der Waals surface area contributed by atoms with Crippen LogP contribution in [-0.4, -0.2) is 10.1 Å². The van der Waals surface area contributed by atoms with Crippen molar-refractivity contribution in [1.82, 2.24) is 4.98 Å². The summed E-state index contributed by atoms with van der Waals surface area (Å²) < 4.78 is 0. The normalized spacial score (nSPS) is 15.4. The molecule has 2 atom stereocenters. The van der Waals surface area contributed by atoms with Crippen molar-refractivity contribution in [3.8, 4) is 0 Å². The molecule has 0 saturated carbocycles. The third kappa shape index (κ3) is 2.68. The topological polar surface area (TPSA) is 33.1 Å². The fourth-order valence-electron chi connectivity index (χ4n) is 1.15. The molecule has 1 aromatic rings. The summed E-state index contributed by atoms with van der Waals surface area (Å²) in [6.45, 7) is 4.07. The predicted molar refractivity (Wildman–Crippen MR) is 53.7 cm³/mol. The Morgan fingerprint density at radius 2 is 2.31 bits per heavy atom. The maximum atomic E-state index is 9.83. The van der Waals surface area contributed by atoms with Gasteiger partial charge < -0.3 is 5.11 Å². The molecule has 0 aliphatic rings. The van der Waals surface area contributed by atoms with Crippen molar-refractivity contribution in [3.63, 3.8) is 0 Å². The van der Waals surface area contributed by atoms with E-state index >= 15 is 0 Å². The molecule has 0 aliphatic carbocycles. The van der Waals surface area contributed by atoms with E-state index in [4.69, 9.17) is 11.6 Å². The number of hydrogen-bond acceptors (Lipinski definition) is 2. The van der Waals surface area contributed by atoms with Gasteiger partial charge in [-0.1, -0.05) is 31.9 Å². The van der Waals surface area contributed by atoms with Crippen LogP contribution < -0.4 is 0 Å². The highest BCUT2D eigenvalue weighted by molar-refractivity contribution is 6.29. The molecular formula is C10H14ClNO. The number of pyridine rings is 1. The van der Waals surface area contributed by atoms with Crippen LogP contribution in [0, 0.1) is 5.92 Å². The molecule has 0 aromatic carbocycles. The Labute approximate surface area is 83.6 Å². The molecular weight excluding hydrogens is 186 g/mol. The molecule has 0 saturated heterocycles. The van der Waals surface area contributed by atoms with Gasteiger partial charge in [-0.25, -0.2) is 4.98 Å². The van der Waals surface area contributed by atoms with E-state index in [9.17, 15) is 5.11 Å². The third-order valence-electron chi connectivity index (χ3n) is 2.28. The van der Waals surface area contributed by atoms with Gasteiger partial charge in [-0.3, -0.25) is 0 Å². The Kier molecular flexibility index (Phi) is 3.70. The average molecular weight is 200 g/mol. The van der Waals surface area contributed by atoms with Crippen LogP contribution in [0.15, 0.2) is 18.3 Å². The largest absolute Gasteiger partial charge is 0.388 e. The van der Waals surface area contributed by atoms with Crippen molar-refractivity contribution in [3.05, 3.63) is 29.0 Å². The zero-order valence-electron chi connectivity index (χ0n) is 7.87. The molecule has 3 heteroatoms. The SMILES string of the molecule is CCC(C)C(O)c1ccnc(Cl)c1. The molecule has 1 heterocycles. The van der Waals surface area contributed by atoms with Crippen LogP contribution in [0.3, 0.4) is 0 Å². The van der Waals surface area contributed by atoms with Crippen molar-refractivity contribution in [2.24, 2.45) is 5.92 Å². The predicted octanol–water partition coefficient (Wildman–Crippen LogP) is 2.81. The van der Waals surface area contributed by atoms with Crippen molar-refractivity contribution < 1.29 is 5.11 Å². The van der Waals surface area contributed by atoms with Crippen LogP contribution in [0.5, 0.6) is 0 Å². The van der Waals surface area contributed by atoms with Crippen LogP contribution in [0.1, 0.15) is 31.9 Å². The first kappa shape index (κ1) is 10.5. The highest BCUT2D eigenvalue weighted by atomic mass is 35.5. The van der Waals surface area contributed by atoms with Crippen molar-refractivity contribution in [1.29, 1.82) is 0 Å². The smallest absolute Gasteiger partial charge is 0.129 e. The van der Waals surface area contributed by atoms with Gasteiger partial charge in [0.1, 0.15) is 5.15 Å². The van der Waals surface area contributed by atoms with Crippen LogP contribution >= 0.6 is 11.6 Å². The molecule has 0 fully saturated rings. The zero-order chi connectivity index (χ0) is 9.84. The molecule has 72 valence electrons. The third-order valence-corrected chi connectivity index (χ3v) is 2.48. The Hall–Kier alpha value is -0.600. The summed E-state index contributed by atoms with van der Waals surface area (Å²) in [7, 11) is 0. The fraction of sp³-hybridized carbons (Fsp3) is 0.500. The molecule has 13 heavy (non-hydrogen) atoms. The summed E-state index contributed by atoms with van der Waals surface area (Å²) in [5, 5.41) is 10.3. The highest BCUT2D eigenvalue weighted by Gasteiger charge is 2.14. The summed E-state index contributed by atoms with van der Waals surface area (Å²) in [6.07, 6.45) is 2.12. The molecule has 0 radical (unpaired) electrons. The van der Waals surface area contributed by atoms with Gasteiger partial charge in [-0.05, 0) is 23.6 Å². The van der Waals surface area contributed by atoms with Crippen LogP contribution in [0.2, 0.25) is 5.15 Å². The molecule has 2 nitrogen and oxygen atoms in total. The molecule has 1 aromatic heterocycles. The number of nitrogens with zero attached hydrogens (tertiary/aromatic N) is 1. The number of halogens is 1. The maximum Gasteiger partial charge on any atom is 0.129 e. The van der Waals surface area contributed by atoms with E-state index in [-0.39, 0.29) is 5.92 Å². The standard InChI is InChI=1S/C10H14ClNO/c1-3-7(2)10(13)8-4-5-12-9(11)6-8/h4-7,10,13H,3H2,1-2H3. The van der Waals surface area contributed by atoms with Crippen molar-refractivity contribution >= 4 is 11.6 Å². The summed E-state index contributed by atoms with van der Waals surface area (Å²) in [4.78, 5) is 3.86. The summed E-state index contributed by atoms with van der Waals surface area (Å²) in [6, 6.07) is 3.50. The van der Waals surface area contributed by atoms with E-state index in [1.807, 2.05) is 6.92 Å². The van der Waals surface area contributed by atoms with Crippen molar-refractivity contribution in [2.45, 2.75) is 26.4 Å². The number of rotatable bonds is 3. The van der Waals surface area contributed by atoms with Gasteiger partial charge in [-0.2, -0.15) is 0 Å². The highest BCUT2D eigenvalue weighted by Crippen LogP contribution is 2.24. The second kappa shape index (κ2) is 4.58. The minimum absolute atomic E-state index is 0.249. The lowest BCUT2D eigenvalue weighted by molar-refractivity contribution is 0.115. The lowest BCUT2D eigenvalue weighted by atomic mass is 9.96. The van der Waals surface area contributed by atoms with Gasteiger partial charge in [0, 0.05) is 6.20 Å². The molecule has 0 aliphatic heterocycles. The van der Waals surface area contributed by atoms with Gasteiger partial charge in [0.15, 0.2) is 0 Å². The Balaban J connectivity index is 2.82. The van der Waals surface area contributed by atoms with Crippen LogP contribution in [0.4, 0.5) is 0 Å². The second-order valence-electron chi connectivity index (χ2n) is 3.24. The first-order valence-electron chi connectivity index (χ1n) is 4.44. The first-order valence-corrected chi connectivity index (χ1v) is 4.82. The van der Waals surface area contributed by atoms with E-state index < -0.39 is 6.10 Å². The van der Waals surface area contributed by atoms with Gasteiger partial charge in [-0.15, -0.1) is 0 Å². The molecule has 0 bridgehead atoms. The molecule has 1 rings (SSSR count). The van der Waals surface area contributed by atoms with Gasteiger partial charge in [0.2, 0.25) is 0 Å². The Bertz CT molecular complexity index is 277. The maximum absolute atomic E-state index is 9.83. The lowest BCUT2D eigenvalue weighted by Crippen LogP contribution is -2.08. The average Bonchev–Trinajstić information content (AvgIpc) is 2.15. The van der Waals surface area contributed by atoms with E-state index in [0.717, 1.165) is 12.0 Å². The van der Waals surface area contributed by atoms with Gasteiger partial charge in [0.25, 0.3) is 0 Å². The minimum atomic E-state index is -0.439. The zero-order valence-corrected chi connectivity index (χ0v) is 8.62. The summed E-state index contributed by atoms with van der Waals surface area (Å²) >= 11 is 5.71. The van der Waals surface area contributed by atoms with Crippen molar-refractivity contribution in [2.75, 3.05) is 0 Å². The number of hydrogen-bond donors (Lipinski definition) is 1. The van der Waals surface area contributed by atoms with Gasteiger partial charge in [0.05, 0.1) is 6.10 Å². The van der Waals surface area contributed by atoms with E-state index in [1.165, 1.54) is 0 Å². The monoisotopic (exact) mass is 199 g/mol. The number of aromatic nitrogens is 1. The van der Waals surface area contributed by atoms with Crippen LogP contribution in [0.25, 0.3) is 0 Å². The van der Waals surface area contributed by atoms with E-state index in [0.29, 0.717) is 5.15 Å². The summed E-state index contributed by atoms with van der Waals surface area (Å²) in [5.41, 5.74) is 0.842. The molecule has 2 unspecified atom stereocenters. The molecule has 0 amide bonds. The minimum Gasteiger partial charge on any atom is -0.388 e. The molecule has 0 spiro atoms.